The van der Waals surface area contributed by atoms with Crippen LogP contribution >= 0.6 is 0 Å². The Hall–Kier alpha value is -2.37. The number of hydrogen-bond donors (Lipinski definition) is 0. The lowest BCUT2D eigenvalue weighted by atomic mass is 9.93. The lowest BCUT2D eigenvalue weighted by molar-refractivity contribution is 0.0324. The van der Waals surface area contributed by atoms with Gasteiger partial charge in [-0.15, -0.1) is 0 Å². The lowest BCUT2D eigenvalue weighted by Crippen LogP contribution is -2.36. The smallest absolute Gasteiger partial charge is 0.414 e. The maximum absolute atomic E-state index is 12.1. The fourth-order valence-electron chi connectivity index (χ4n) is 2.72. The molecule has 0 aliphatic carbocycles. The molecule has 0 radical (unpaired) electrons. The second kappa shape index (κ2) is 7.68. The average Bonchev–Trinajstić information content (AvgIpc) is 2.59. The summed E-state index contributed by atoms with van der Waals surface area (Å²) in [7, 11) is 4.78. The number of hydrogen-bond acceptors (Lipinski definition) is 5. The van der Waals surface area contributed by atoms with Crippen LogP contribution in [0.25, 0.3) is 0 Å². The van der Waals surface area contributed by atoms with E-state index < -0.39 is 5.60 Å². The topological polar surface area (TPSA) is 57.2 Å². The van der Waals surface area contributed by atoms with Gasteiger partial charge in [0, 0.05) is 18.7 Å². The van der Waals surface area contributed by atoms with Crippen molar-refractivity contribution in [2.75, 3.05) is 27.9 Å². The van der Waals surface area contributed by atoms with Gasteiger partial charge in [-0.2, -0.15) is 0 Å². The third-order valence-electron chi connectivity index (χ3n) is 3.92. The van der Waals surface area contributed by atoms with Crippen LogP contribution in [0.2, 0.25) is 0 Å². The molecule has 1 aromatic rings. The second-order valence-corrected chi connectivity index (χ2v) is 6.87. The van der Waals surface area contributed by atoms with Gasteiger partial charge in [-0.1, -0.05) is 6.08 Å². The second-order valence-electron chi connectivity index (χ2n) is 6.87. The number of methoxy groups -OCH3 is 3. The highest BCUT2D eigenvalue weighted by Gasteiger charge is 2.25. The zero-order valence-electron chi connectivity index (χ0n) is 15.8. The van der Waals surface area contributed by atoms with E-state index in [1.165, 1.54) is 0 Å². The Morgan fingerprint density at radius 3 is 2.08 bits per heavy atom. The van der Waals surface area contributed by atoms with Gasteiger partial charge in [0.25, 0.3) is 0 Å². The number of rotatable bonds is 4. The van der Waals surface area contributed by atoms with Gasteiger partial charge in [0.2, 0.25) is 5.75 Å². The van der Waals surface area contributed by atoms with Crippen LogP contribution in [0.1, 0.15) is 38.7 Å². The summed E-state index contributed by atoms with van der Waals surface area (Å²) < 4.78 is 21.6. The van der Waals surface area contributed by atoms with Crippen LogP contribution in [-0.2, 0) is 4.74 Å². The normalized spacial score (nSPS) is 17.2. The first-order valence-corrected chi connectivity index (χ1v) is 8.27. The van der Waals surface area contributed by atoms with E-state index in [0.717, 1.165) is 12.0 Å². The first kappa shape index (κ1) is 19.0. The number of allylic oxidation sites excluding steroid dienone is 1. The summed E-state index contributed by atoms with van der Waals surface area (Å²) in [6, 6.07) is 3.89. The Bertz CT molecular complexity index is 623. The summed E-state index contributed by atoms with van der Waals surface area (Å²) in [5.74, 6) is 1.98. The monoisotopic (exact) mass is 349 g/mol. The van der Waals surface area contributed by atoms with E-state index in [-0.39, 0.29) is 12.0 Å². The predicted molar refractivity (Wildman–Crippen MR) is 95.5 cm³/mol. The van der Waals surface area contributed by atoms with Crippen molar-refractivity contribution in [3.8, 4) is 17.2 Å². The van der Waals surface area contributed by atoms with Crippen LogP contribution < -0.4 is 14.2 Å². The number of ether oxygens (including phenoxy) is 4. The summed E-state index contributed by atoms with van der Waals surface area (Å²) in [6.07, 6.45) is 4.24. The van der Waals surface area contributed by atoms with E-state index in [1.807, 2.05) is 39.0 Å². The number of benzene rings is 1. The number of nitrogens with zero attached hydrogens (tertiary/aromatic N) is 1. The van der Waals surface area contributed by atoms with Gasteiger partial charge in [-0.25, -0.2) is 4.79 Å². The van der Waals surface area contributed by atoms with Crippen LogP contribution in [0.4, 0.5) is 4.79 Å². The molecule has 1 aromatic carbocycles. The van der Waals surface area contributed by atoms with Crippen molar-refractivity contribution >= 4 is 6.09 Å². The van der Waals surface area contributed by atoms with Crippen molar-refractivity contribution in [2.45, 2.75) is 38.7 Å². The van der Waals surface area contributed by atoms with Gasteiger partial charge >= 0.3 is 6.09 Å². The molecule has 1 aliphatic heterocycles. The molecule has 6 nitrogen and oxygen atoms in total. The summed E-state index contributed by atoms with van der Waals surface area (Å²) in [6.45, 7) is 6.17. The van der Waals surface area contributed by atoms with Crippen LogP contribution in [-0.4, -0.2) is 44.5 Å². The Morgan fingerprint density at radius 2 is 1.68 bits per heavy atom. The highest BCUT2D eigenvalue weighted by molar-refractivity contribution is 5.69. The van der Waals surface area contributed by atoms with E-state index in [1.54, 1.807) is 32.4 Å². The fourth-order valence-corrected chi connectivity index (χ4v) is 2.72. The largest absolute Gasteiger partial charge is 0.493 e. The van der Waals surface area contributed by atoms with Crippen molar-refractivity contribution in [3.05, 3.63) is 30.0 Å². The highest BCUT2D eigenvalue weighted by atomic mass is 16.6. The fraction of sp³-hybridized carbons (Fsp3) is 0.526. The molecule has 1 amide bonds. The molecule has 0 unspecified atom stereocenters. The van der Waals surface area contributed by atoms with Crippen LogP contribution in [0.15, 0.2) is 24.4 Å². The zero-order valence-corrected chi connectivity index (χ0v) is 15.8. The molecule has 1 atom stereocenters. The maximum atomic E-state index is 12.1. The first-order chi connectivity index (χ1) is 11.8. The molecule has 1 heterocycles. The molecular weight excluding hydrogens is 322 g/mol. The van der Waals surface area contributed by atoms with Crippen molar-refractivity contribution < 1.29 is 23.7 Å². The third-order valence-corrected chi connectivity index (χ3v) is 3.92. The maximum Gasteiger partial charge on any atom is 0.414 e. The minimum Gasteiger partial charge on any atom is -0.493 e. The molecule has 25 heavy (non-hydrogen) atoms. The summed E-state index contributed by atoms with van der Waals surface area (Å²) in [4.78, 5) is 13.7. The Labute approximate surface area is 149 Å². The van der Waals surface area contributed by atoms with Crippen molar-refractivity contribution in [3.63, 3.8) is 0 Å². The minimum absolute atomic E-state index is 0.160. The van der Waals surface area contributed by atoms with E-state index in [2.05, 4.69) is 0 Å². The number of amides is 1. The van der Waals surface area contributed by atoms with Crippen LogP contribution in [0.3, 0.4) is 0 Å². The van der Waals surface area contributed by atoms with E-state index in [9.17, 15) is 4.79 Å². The Kier molecular flexibility index (Phi) is 5.82. The standard InChI is InChI=1S/C19H27NO5/c1-19(2,3)25-18(21)20-9-7-13(8-10-20)14-11-15(22-4)17(24-6)16(12-14)23-5/h7,9,11-13H,8,10H2,1-6H3/t13-/m1/s1. The highest BCUT2D eigenvalue weighted by Crippen LogP contribution is 2.41. The molecular formula is C19H27NO5. The van der Waals surface area contributed by atoms with E-state index in [4.69, 9.17) is 18.9 Å². The molecule has 0 N–H and O–H groups in total. The quantitative estimate of drug-likeness (QED) is 0.824. The molecule has 1 aliphatic rings. The van der Waals surface area contributed by atoms with Gasteiger partial charge in [-0.3, -0.25) is 4.90 Å². The van der Waals surface area contributed by atoms with Gasteiger partial charge in [0.05, 0.1) is 21.3 Å². The van der Waals surface area contributed by atoms with Gasteiger partial charge < -0.3 is 18.9 Å². The predicted octanol–water partition coefficient (Wildman–Crippen LogP) is 3.95. The third kappa shape index (κ3) is 4.59. The average molecular weight is 349 g/mol. The SMILES string of the molecule is COc1cc([C@@H]2C=CN(C(=O)OC(C)(C)C)CC2)cc(OC)c1OC. The van der Waals surface area contributed by atoms with E-state index >= 15 is 0 Å². The van der Waals surface area contributed by atoms with Gasteiger partial charge in [-0.05, 0) is 44.9 Å². The van der Waals surface area contributed by atoms with Crippen LogP contribution in [0, 0.1) is 0 Å². The van der Waals surface area contributed by atoms with Gasteiger partial charge in [0.1, 0.15) is 5.60 Å². The summed E-state index contributed by atoms with van der Waals surface area (Å²) in [5.41, 5.74) is 0.549. The summed E-state index contributed by atoms with van der Waals surface area (Å²) >= 11 is 0. The molecule has 0 aromatic heterocycles. The molecule has 138 valence electrons. The molecule has 0 spiro atoms. The van der Waals surface area contributed by atoms with Crippen LogP contribution in [0.5, 0.6) is 17.2 Å². The van der Waals surface area contributed by atoms with Crippen molar-refractivity contribution in [1.82, 2.24) is 4.90 Å². The zero-order chi connectivity index (χ0) is 18.6. The molecule has 6 heteroatoms. The molecule has 0 fully saturated rings. The lowest BCUT2D eigenvalue weighted by Gasteiger charge is -2.29. The number of carbonyl (C=O) groups is 1. The Balaban J connectivity index is 2.19. The number of carbonyl (C=O) groups excluding carboxylic acids is 1. The summed E-state index contributed by atoms with van der Waals surface area (Å²) in [5, 5.41) is 0. The molecule has 2 rings (SSSR count). The molecule has 0 saturated heterocycles. The first-order valence-electron chi connectivity index (χ1n) is 8.27. The molecule has 0 saturated carbocycles. The Morgan fingerprint density at radius 1 is 1.08 bits per heavy atom. The van der Waals surface area contributed by atoms with Gasteiger partial charge in [0.15, 0.2) is 11.5 Å². The molecule has 0 bridgehead atoms. The van der Waals surface area contributed by atoms with Crippen molar-refractivity contribution in [1.29, 1.82) is 0 Å². The van der Waals surface area contributed by atoms with Crippen molar-refractivity contribution in [2.24, 2.45) is 0 Å². The minimum atomic E-state index is -0.502. The van der Waals surface area contributed by atoms with E-state index in [0.29, 0.717) is 23.8 Å².